The number of amides is 1. The van der Waals surface area contributed by atoms with Crippen molar-refractivity contribution in [2.24, 2.45) is 5.73 Å². The van der Waals surface area contributed by atoms with Gasteiger partial charge in [0.25, 0.3) is 0 Å². The summed E-state index contributed by atoms with van der Waals surface area (Å²) >= 11 is 0. The summed E-state index contributed by atoms with van der Waals surface area (Å²) in [5.41, 5.74) is 5.78. The van der Waals surface area contributed by atoms with Gasteiger partial charge in [0.2, 0.25) is 5.91 Å². The summed E-state index contributed by atoms with van der Waals surface area (Å²) in [6.45, 7) is -0.0789. The van der Waals surface area contributed by atoms with Crippen LogP contribution in [0.15, 0.2) is 0 Å². The molecule has 2 heterocycles. The number of carbonyl (C=O) groups excluding carboxylic acids is 1. The maximum absolute atomic E-state index is 11.3. The van der Waals surface area contributed by atoms with E-state index in [4.69, 9.17) is 19.9 Å². The summed E-state index contributed by atoms with van der Waals surface area (Å²) < 4.78 is 16.0. The predicted octanol–water partition coefficient (Wildman–Crippen LogP) is -5.29. The molecule has 26 heavy (non-hydrogen) atoms. The molecule has 0 radical (unpaired) electrons. The monoisotopic (exact) mass is 382 g/mol. The molecule has 0 saturated carbocycles. The van der Waals surface area contributed by atoms with Crippen molar-refractivity contribution in [3.8, 4) is 0 Å². The number of hydrogen-bond acceptors (Lipinski definition) is 11. The van der Waals surface area contributed by atoms with Gasteiger partial charge in [0.05, 0.1) is 19.3 Å². The van der Waals surface area contributed by atoms with Gasteiger partial charge in [-0.05, 0) is 0 Å². The average Bonchev–Trinajstić information content (AvgIpc) is 2.60. The molecule has 0 aromatic rings. The van der Waals surface area contributed by atoms with Gasteiger partial charge in [-0.15, -0.1) is 0 Å². The van der Waals surface area contributed by atoms with Crippen LogP contribution in [0.1, 0.15) is 6.92 Å². The molecule has 2 saturated heterocycles. The summed E-state index contributed by atoms with van der Waals surface area (Å²) in [6, 6.07) is -2.48. The molecule has 2 aliphatic rings. The van der Waals surface area contributed by atoms with Crippen LogP contribution >= 0.6 is 0 Å². The second-order valence-electron chi connectivity index (χ2n) is 6.35. The Morgan fingerprint density at radius 2 is 1.65 bits per heavy atom. The number of aliphatic hydroxyl groups is 6. The van der Waals surface area contributed by atoms with E-state index in [9.17, 15) is 35.4 Å². The van der Waals surface area contributed by atoms with Gasteiger partial charge in [0.15, 0.2) is 12.6 Å². The minimum absolute atomic E-state index is 0.539. The highest BCUT2D eigenvalue weighted by Gasteiger charge is 2.50. The van der Waals surface area contributed by atoms with Gasteiger partial charge in [-0.1, -0.05) is 0 Å². The fraction of sp³-hybridized carbons (Fsp3) is 0.929. The number of hydrogen-bond donors (Lipinski definition) is 8. The topological polar surface area (TPSA) is 204 Å². The predicted molar refractivity (Wildman–Crippen MR) is 82.2 cm³/mol. The largest absolute Gasteiger partial charge is 0.394 e. The smallest absolute Gasteiger partial charge is 0.217 e. The number of rotatable bonds is 5. The fourth-order valence-electron chi connectivity index (χ4n) is 3.02. The van der Waals surface area contributed by atoms with Crippen LogP contribution in [0.25, 0.3) is 0 Å². The van der Waals surface area contributed by atoms with Gasteiger partial charge in [0.1, 0.15) is 42.7 Å². The molecule has 12 nitrogen and oxygen atoms in total. The van der Waals surface area contributed by atoms with Crippen molar-refractivity contribution in [1.82, 2.24) is 5.32 Å². The Kier molecular flexibility index (Phi) is 7.27. The van der Waals surface area contributed by atoms with Crippen LogP contribution in [0.2, 0.25) is 0 Å². The molecule has 2 fully saturated rings. The Hall–Kier alpha value is -0.930. The molecular weight excluding hydrogens is 356 g/mol. The summed E-state index contributed by atoms with van der Waals surface area (Å²) in [6.07, 6.45) is -11.0. The lowest BCUT2D eigenvalue weighted by atomic mass is 9.95. The summed E-state index contributed by atoms with van der Waals surface area (Å²) in [4.78, 5) is 11.3. The average molecular weight is 382 g/mol. The third-order valence-electron chi connectivity index (χ3n) is 4.46. The van der Waals surface area contributed by atoms with Crippen molar-refractivity contribution in [2.45, 2.75) is 68.2 Å². The first-order valence-electron chi connectivity index (χ1n) is 8.14. The van der Waals surface area contributed by atoms with Crippen molar-refractivity contribution in [2.75, 3.05) is 13.2 Å². The normalized spacial score (nSPS) is 46.8. The van der Waals surface area contributed by atoms with Crippen LogP contribution in [-0.2, 0) is 19.0 Å². The molecule has 0 aromatic heterocycles. The van der Waals surface area contributed by atoms with E-state index in [1.807, 2.05) is 0 Å². The second kappa shape index (κ2) is 8.84. The SMILES string of the molecule is CC(=O)N[C@H]1C(O)OC(CO)[C@H](O[C@@H]2OC(CO)[C@@H](O)[C@H](O)[C@@H]2N)[C@H]1O. The second-order valence-corrected chi connectivity index (χ2v) is 6.35. The lowest BCUT2D eigenvalue weighted by Crippen LogP contribution is -2.68. The van der Waals surface area contributed by atoms with E-state index in [2.05, 4.69) is 5.32 Å². The lowest BCUT2D eigenvalue weighted by molar-refractivity contribution is -0.325. The standard InChI is InChI=1S/C14H26N2O10/c1-4(19)16-8-11(22)12(6(3-18)24-13(8)23)26-14-7(15)10(21)9(20)5(2-17)25-14/h5-14,17-18,20-23H,2-3,15H2,1H3,(H,16,19)/t5?,6?,7-,8+,9+,10+,11-,12-,13?,14-/m0/s1. The van der Waals surface area contributed by atoms with Crippen LogP contribution in [0.3, 0.4) is 0 Å². The quantitative estimate of drug-likeness (QED) is 0.225. The van der Waals surface area contributed by atoms with Crippen LogP contribution < -0.4 is 11.1 Å². The number of ether oxygens (including phenoxy) is 3. The van der Waals surface area contributed by atoms with Gasteiger partial charge in [-0.2, -0.15) is 0 Å². The summed E-state index contributed by atoms with van der Waals surface area (Å²) in [5.74, 6) is -0.539. The van der Waals surface area contributed by atoms with E-state index in [0.717, 1.165) is 0 Å². The van der Waals surface area contributed by atoms with Gasteiger partial charge in [-0.25, -0.2) is 0 Å². The van der Waals surface area contributed by atoms with E-state index in [1.54, 1.807) is 0 Å². The number of aliphatic hydroxyl groups excluding tert-OH is 6. The molecule has 1 amide bonds. The van der Waals surface area contributed by atoms with Crippen LogP contribution in [0.5, 0.6) is 0 Å². The van der Waals surface area contributed by atoms with Crippen LogP contribution in [0.4, 0.5) is 0 Å². The molecule has 9 N–H and O–H groups in total. The molecule has 2 aliphatic heterocycles. The van der Waals surface area contributed by atoms with Crippen molar-refractivity contribution >= 4 is 5.91 Å². The zero-order chi connectivity index (χ0) is 19.6. The highest BCUT2D eigenvalue weighted by Crippen LogP contribution is 2.28. The van der Waals surface area contributed by atoms with E-state index in [1.165, 1.54) is 6.92 Å². The van der Waals surface area contributed by atoms with Gasteiger partial charge < -0.3 is 55.9 Å². The molecule has 10 atom stereocenters. The van der Waals surface area contributed by atoms with E-state index in [-0.39, 0.29) is 0 Å². The summed E-state index contributed by atoms with van der Waals surface area (Å²) in [7, 11) is 0. The van der Waals surface area contributed by atoms with Crippen LogP contribution in [-0.4, -0.2) is 111 Å². The van der Waals surface area contributed by atoms with E-state index < -0.39 is 80.4 Å². The third-order valence-corrected chi connectivity index (χ3v) is 4.46. The first kappa shape index (κ1) is 21.4. The van der Waals surface area contributed by atoms with Crippen molar-refractivity contribution < 1.29 is 49.6 Å². The first-order chi connectivity index (χ1) is 12.2. The van der Waals surface area contributed by atoms with Crippen molar-refractivity contribution in [1.29, 1.82) is 0 Å². The Bertz CT molecular complexity index is 481. The summed E-state index contributed by atoms with van der Waals surface area (Å²) in [5, 5.41) is 61.1. The molecule has 12 heteroatoms. The van der Waals surface area contributed by atoms with E-state index >= 15 is 0 Å². The zero-order valence-electron chi connectivity index (χ0n) is 14.1. The molecule has 3 unspecified atom stereocenters. The van der Waals surface area contributed by atoms with Crippen molar-refractivity contribution in [3.63, 3.8) is 0 Å². The van der Waals surface area contributed by atoms with Crippen molar-refractivity contribution in [3.05, 3.63) is 0 Å². The number of carbonyl (C=O) groups is 1. The fourth-order valence-corrected chi connectivity index (χ4v) is 3.02. The number of nitrogens with two attached hydrogens (primary N) is 1. The highest BCUT2D eigenvalue weighted by molar-refractivity contribution is 5.73. The van der Waals surface area contributed by atoms with E-state index in [0.29, 0.717) is 0 Å². The molecule has 0 bridgehead atoms. The third kappa shape index (κ3) is 4.31. The Balaban J connectivity index is 2.16. The Morgan fingerprint density at radius 3 is 2.19 bits per heavy atom. The van der Waals surface area contributed by atoms with Crippen LogP contribution in [0, 0.1) is 0 Å². The lowest BCUT2D eigenvalue weighted by Gasteiger charge is -2.46. The molecule has 2 rings (SSSR count). The van der Waals surface area contributed by atoms with Gasteiger partial charge in [0, 0.05) is 6.92 Å². The molecule has 0 aromatic carbocycles. The molecular formula is C14H26N2O10. The first-order valence-corrected chi connectivity index (χ1v) is 8.14. The maximum Gasteiger partial charge on any atom is 0.217 e. The molecule has 152 valence electrons. The molecule has 0 spiro atoms. The molecule has 0 aliphatic carbocycles. The maximum atomic E-state index is 11.3. The zero-order valence-corrected chi connectivity index (χ0v) is 14.1. The Labute approximate surface area is 149 Å². The highest BCUT2D eigenvalue weighted by atomic mass is 16.7. The van der Waals surface area contributed by atoms with Gasteiger partial charge >= 0.3 is 0 Å². The van der Waals surface area contributed by atoms with Gasteiger partial charge in [-0.3, -0.25) is 4.79 Å². The minimum Gasteiger partial charge on any atom is -0.394 e. The Morgan fingerprint density at radius 1 is 1.04 bits per heavy atom. The minimum atomic E-state index is -1.59. The number of nitrogens with one attached hydrogen (secondary N) is 1.